The lowest BCUT2D eigenvalue weighted by molar-refractivity contribution is -0.134. The van der Waals surface area contributed by atoms with E-state index in [4.69, 9.17) is 4.74 Å². The highest BCUT2D eigenvalue weighted by Crippen LogP contribution is 2.16. The first-order chi connectivity index (χ1) is 13.1. The summed E-state index contributed by atoms with van der Waals surface area (Å²) >= 11 is 0. The van der Waals surface area contributed by atoms with Gasteiger partial charge < -0.3 is 10.1 Å². The number of nitrogens with zero attached hydrogens (tertiary/aromatic N) is 1. The summed E-state index contributed by atoms with van der Waals surface area (Å²) in [6.07, 6.45) is 4.14. The van der Waals surface area contributed by atoms with E-state index in [1.54, 1.807) is 48.8 Å². The van der Waals surface area contributed by atoms with Gasteiger partial charge in [-0.1, -0.05) is 24.3 Å². The van der Waals surface area contributed by atoms with E-state index in [0.29, 0.717) is 29.8 Å². The maximum atomic E-state index is 12.2. The van der Waals surface area contributed by atoms with Crippen molar-refractivity contribution >= 4 is 17.6 Å². The molecule has 136 valence electrons. The van der Waals surface area contributed by atoms with Crippen LogP contribution in [0, 0.1) is 6.92 Å². The second kappa shape index (κ2) is 8.76. The van der Waals surface area contributed by atoms with E-state index in [-0.39, 0.29) is 11.9 Å². The van der Waals surface area contributed by atoms with Crippen LogP contribution in [-0.4, -0.2) is 16.9 Å². The Balaban J connectivity index is 1.53. The third-order valence-corrected chi connectivity index (χ3v) is 4.13. The predicted octanol–water partition coefficient (Wildman–Crippen LogP) is 4.18. The summed E-state index contributed by atoms with van der Waals surface area (Å²) in [5.74, 6) is -0.131. The van der Waals surface area contributed by atoms with Crippen molar-refractivity contribution in [3.05, 3.63) is 89.7 Å². The van der Waals surface area contributed by atoms with Crippen molar-refractivity contribution in [1.82, 2.24) is 4.98 Å². The second-order valence-corrected chi connectivity index (χ2v) is 6.12. The van der Waals surface area contributed by atoms with Gasteiger partial charge in [-0.25, -0.2) is 0 Å². The molecule has 0 radical (unpaired) electrons. The molecule has 1 N–H and O–H groups in total. The zero-order chi connectivity index (χ0) is 19.1. The minimum atomic E-state index is -0.300. The van der Waals surface area contributed by atoms with Crippen LogP contribution in [0.2, 0.25) is 0 Å². The molecular formula is C22H20N2O3. The van der Waals surface area contributed by atoms with E-state index in [2.05, 4.69) is 10.3 Å². The Morgan fingerprint density at radius 2 is 1.78 bits per heavy atom. The van der Waals surface area contributed by atoms with Gasteiger partial charge in [0.05, 0.1) is 11.9 Å². The lowest BCUT2D eigenvalue weighted by atomic mass is 10.0. The van der Waals surface area contributed by atoms with E-state index in [0.717, 1.165) is 11.1 Å². The van der Waals surface area contributed by atoms with E-state index in [1.807, 2.05) is 31.2 Å². The Labute approximate surface area is 158 Å². The van der Waals surface area contributed by atoms with Crippen LogP contribution in [0.3, 0.4) is 0 Å². The molecule has 0 atom stereocenters. The Bertz CT molecular complexity index is 922. The van der Waals surface area contributed by atoms with Crippen LogP contribution in [0.4, 0.5) is 5.69 Å². The summed E-state index contributed by atoms with van der Waals surface area (Å²) in [4.78, 5) is 28.2. The highest BCUT2D eigenvalue weighted by molar-refractivity contribution is 6.04. The van der Waals surface area contributed by atoms with Crippen molar-refractivity contribution in [3.8, 4) is 5.75 Å². The summed E-state index contributed by atoms with van der Waals surface area (Å²) in [6, 6.07) is 17.9. The highest BCUT2D eigenvalue weighted by atomic mass is 16.5. The molecule has 1 aromatic heterocycles. The maximum Gasteiger partial charge on any atom is 0.311 e. The lowest BCUT2D eigenvalue weighted by Gasteiger charge is -2.08. The van der Waals surface area contributed by atoms with Gasteiger partial charge in [-0.2, -0.15) is 0 Å². The minimum Gasteiger partial charge on any atom is -0.427 e. The monoisotopic (exact) mass is 360 g/mol. The predicted molar refractivity (Wildman–Crippen MR) is 104 cm³/mol. The first-order valence-electron chi connectivity index (χ1n) is 8.68. The fraction of sp³-hybridized carbons (Fsp3) is 0.136. The number of nitrogens with one attached hydrogen (secondary N) is 1. The van der Waals surface area contributed by atoms with E-state index in [1.165, 1.54) is 0 Å². The molecule has 0 unspecified atom stereocenters. The SMILES string of the molecule is Cc1ccccc1CCC(=O)Oc1ccc(C(=O)Nc2cccnc2)cc1. The van der Waals surface area contributed by atoms with Crippen LogP contribution < -0.4 is 10.1 Å². The normalized spacial score (nSPS) is 10.3. The molecule has 5 heteroatoms. The van der Waals surface area contributed by atoms with E-state index in [9.17, 15) is 9.59 Å². The van der Waals surface area contributed by atoms with Gasteiger partial charge in [0.1, 0.15) is 5.75 Å². The number of aryl methyl sites for hydroxylation is 2. The number of hydrogen-bond acceptors (Lipinski definition) is 4. The van der Waals surface area contributed by atoms with Gasteiger partial charge in [-0.05, 0) is 60.9 Å². The molecule has 3 aromatic rings. The molecule has 0 bridgehead atoms. The molecule has 5 nitrogen and oxygen atoms in total. The number of rotatable bonds is 6. The number of anilines is 1. The molecule has 0 aliphatic carbocycles. The second-order valence-electron chi connectivity index (χ2n) is 6.12. The smallest absolute Gasteiger partial charge is 0.311 e. The van der Waals surface area contributed by atoms with Crippen LogP contribution in [0.25, 0.3) is 0 Å². The molecule has 0 fully saturated rings. The van der Waals surface area contributed by atoms with Gasteiger partial charge in [0.25, 0.3) is 5.91 Å². The average molecular weight is 360 g/mol. The van der Waals surface area contributed by atoms with Gasteiger partial charge in [-0.3, -0.25) is 14.6 Å². The lowest BCUT2D eigenvalue weighted by Crippen LogP contribution is -2.12. The summed E-state index contributed by atoms with van der Waals surface area (Å²) in [6.45, 7) is 2.02. The zero-order valence-corrected chi connectivity index (χ0v) is 15.0. The number of ether oxygens (including phenoxy) is 1. The van der Waals surface area contributed by atoms with Crippen molar-refractivity contribution in [2.45, 2.75) is 19.8 Å². The summed E-state index contributed by atoms with van der Waals surface area (Å²) < 4.78 is 5.35. The highest BCUT2D eigenvalue weighted by Gasteiger charge is 2.09. The first-order valence-corrected chi connectivity index (χ1v) is 8.68. The summed E-state index contributed by atoms with van der Waals surface area (Å²) in [5.41, 5.74) is 3.39. The molecule has 27 heavy (non-hydrogen) atoms. The molecule has 1 heterocycles. The molecule has 0 saturated carbocycles. The topological polar surface area (TPSA) is 68.3 Å². The summed E-state index contributed by atoms with van der Waals surface area (Å²) in [7, 11) is 0. The summed E-state index contributed by atoms with van der Waals surface area (Å²) in [5, 5.41) is 2.75. The number of carbonyl (C=O) groups excluding carboxylic acids is 2. The van der Waals surface area contributed by atoms with Gasteiger partial charge in [0.2, 0.25) is 0 Å². The van der Waals surface area contributed by atoms with Crippen molar-refractivity contribution in [3.63, 3.8) is 0 Å². The molecule has 0 spiro atoms. The molecule has 0 aliphatic rings. The number of hydrogen-bond donors (Lipinski definition) is 1. The number of aromatic nitrogens is 1. The van der Waals surface area contributed by atoms with Crippen molar-refractivity contribution < 1.29 is 14.3 Å². The van der Waals surface area contributed by atoms with Gasteiger partial charge in [0, 0.05) is 18.2 Å². The Morgan fingerprint density at radius 1 is 1.00 bits per heavy atom. The number of benzene rings is 2. The van der Waals surface area contributed by atoms with Crippen LogP contribution in [0.5, 0.6) is 5.75 Å². The number of esters is 1. The fourth-order valence-corrected chi connectivity index (χ4v) is 2.62. The largest absolute Gasteiger partial charge is 0.427 e. The molecule has 1 amide bonds. The Kier molecular flexibility index (Phi) is 5.94. The zero-order valence-electron chi connectivity index (χ0n) is 15.0. The number of amides is 1. The first kappa shape index (κ1) is 18.3. The fourth-order valence-electron chi connectivity index (χ4n) is 2.62. The molecule has 0 aliphatic heterocycles. The van der Waals surface area contributed by atoms with E-state index < -0.39 is 0 Å². The quantitative estimate of drug-likeness (QED) is 0.529. The van der Waals surface area contributed by atoms with Gasteiger partial charge >= 0.3 is 5.97 Å². The van der Waals surface area contributed by atoms with Gasteiger partial charge in [-0.15, -0.1) is 0 Å². The standard InChI is InChI=1S/C22H20N2O3/c1-16-5-2-3-6-17(16)10-13-21(25)27-20-11-8-18(9-12-20)22(26)24-19-7-4-14-23-15-19/h2-9,11-12,14-15H,10,13H2,1H3,(H,24,26). The van der Waals surface area contributed by atoms with Crippen LogP contribution in [-0.2, 0) is 11.2 Å². The van der Waals surface area contributed by atoms with Crippen molar-refractivity contribution in [2.75, 3.05) is 5.32 Å². The molecule has 2 aromatic carbocycles. The van der Waals surface area contributed by atoms with Gasteiger partial charge in [0.15, 0.2) is 0 Å². The Morgan fingerprint density at radius 3 is 2.48 bits per heavy atom. The molecule has 3 rings (SSSR count). The minimum absolute atomic E-state index is 0.250. The molecular weight excluding hydrogens is 340 g/mol. The van der Waals surface area contributed by atoms with Crippen LogP contribution in [0.1, 0.15) is 27.9 Å². The number of pyridine rings is 1. The van der Waals surface area contributed by atoms with Crippen LogP contribution in [0.15, 0.2) is 73.1 Å². The number of carbonyl (C=O) groups is 2. The molecule has 0 saturated heterocycles. The van der Waals surface area contributed by atoms with Crippen molar-refractivity contribution in [1.29, 1.82) is 0 Å². The van der Waals surface area contributed by atoms with Crippen molar-refractivity contribution in [2.24, 2.45) is 0 Å². The Hall–Kier alpha value is -3.47. The third kappa shape index (κ3) is 5.25. The van der Waals surface area contributed by atoms with Crippen LogP contribution >= 0.6 is 0 Å². The third-order valence-electron chi connectivity index (χ3n) is 4.13. The average Bonchev–Trinajstić information content (AvgIpc) is 2.69. The maximum absolute atomic E-state index is 12.2. The van der Waals surface area contributed by atoms with E-state index >= 15 is 0 Å².